The zero-order valence-electron chi connectivity index (χ0n) is 16.8. The van der Waals surface area contributed by atoms with Crippen LogP contribution in [0, 0.1) is 11.3 Å². The highest BCUT2D eigenvalue weighted by molar-refractivity contribution is 7.07. The van der Waals surface area contributed by atoms with Gasteiger partial charge in [0, 0.05) is 0 Å². The summed E-state index contributed by atoms with van der Waals surface area (Å²) in [4.78, 5) is 25.0. The number of hydrogen-bond acceptors (Lipinski definition) is 5. The average molecular weight is 458 g/mol. The van der Waals surface area contributed by atoms with Crippen molar-refractivity contribution in [3.8, 4) is 6.07 Å². The molecule has 9 heteroatoms. The fourth-order valence-corrected chi connectivity index (χ4v) is 3.93. The molecule has 1 heterocycles. The summed E-state index contributed by atoms with van der Waals surface area (Å²) in [5.41, 5.74) is 0.119. The molecule has 0 amide bonds. The first kappa shape index (κ1) is 23.0. The number of hydrogen-bond donors (Lipinski definition) is 0. The molecule has 32 heavy (non-hydrogen) atoms. The third-order valence-corrected chi connectivity index (χ3v) is 5.46. The Morgan fingerprint density at radius 3 is 2.56 bits per heavy atom. The number of thiazole rings is 1. The van der Waals surface area contributed by atoms with Crippen LogP contribution in [0.3, 0.4) is 0 Å². The van der Waals surface area contributed by atoms with E-state index in [9.17, 15) is 22.8 Å². The van der Waals surface area contributed by atoms with Gasteiger partial charge < -0.3 is 4.74 Å². The van der Waals surface area contributed by atoms with Gasteiger partial charge in [-0.05, 0) is 48.4 Å². The lowest BCUT2D eigenvalue weighted by atomic mass is 10.1. The molecule has 1 aromatic heterocycles. The molecule has 0 atom stereocenters. The standard InChI is InChI=1S/C23H17F3N2O3S/c1-2-31-21(29)12-20-28(14-16-8-6-15(13-27)7-9-16)22(30)19(32-20)11-17-4-3-5-18(10-17)23(24,25)26/h3-12H,2,14H2,1H3/b19-11+,20-12+. The van der Waals surface area contributed by atoms with E-state index in [4.69, 9.17) is 10.00 Å². The lowest BCUT2D eigenvalue weighted by molar-refractivity contribution is -0.137. The van der Waals surface area contributed by atoms with E-state index in [0.717, 1.165) is 23.5 Å². The number of carbonyl (C=O) groups excluding carboxylic acids is 1. The average Bonchev–Trinajstić information content (AvgIpc) is 3.02. The number of esters is 1. The molecule has 0 unspecified atom stereocenters. The van der Waals surface area contributed by atoms with E-state index in [-0.39, 0.29) is 23.2 Å². The minimum absolute atomic E-state index is 0.114. The maximum Gasteiger partial charge on any atom is 0.416 e. The second-order valence-electron chi connectivity index (χ2n) is 6.67. The Labute approximate surface area is 184 Å². The van der Waals surface area contributed by atoms with Gasteiger partial charge in [-0.2, -0.15) is 18.4 Å². The molecule has 0 fully saturated rings. The molecule has 0 radical (unpaired) electrons. The Hall–Kier alpha value is -3.64. The van der Waals surface area contributed by atoms with Crippen LogP contribution in [0.25, 0.3) is 12.2 Å². The van der Waals surface area contributed by atoms with Crippen molar-refractivity contribution >= 4 is 29.5 Å². The number of benzene rings is 2. The maximum absolute atomic E-state index is 13.0. The van der Waals surface area contributed by atoms with Crippen LogP contribution in [0.4, 0.5) is 13.2 Å². The van der Waals surface area contributed by atoms with Crippen LogP contribution in [0.15, 0.2) is 53.3 Å². The van der Waals surface area contributed by atoms with Crippen molar-refractivity contribution in [1.29, 1.82) is 5.26 Å². The second-order valence-corrected chi connectivity index (χ2v) is 7.73. The number of aromatic nitrogens is 1. The minimum atomic E-state index is -4.50. The molecule has 0 saturated heterocycles. The monoisotopic (exact) mass is 458 g/mol. The van der Waals surface area contributed by atoms with Gasteiger partial charge in [-0.15, -0.1) is 11.3 Å². The normalized spacial score (nSPS) is 12.6. The molecule has 5 nitrogen and oxygen atoms in total. The van der Waals surface area contributed by atoms with Crippen molar-refractivity contribution in [3.05, 3.63) is 90.3 Å². The Morgan fingerprint density at radius 1 is 1.22 bits per heavy atom. The third kappa shape index (κ3) is 5.53. The van der Waals surface area contributed by atoms with Crippen molar-refractivity contribution in [2.24, 2.45) is 0 Å². The van der Waals surface area contributed by atoms with Crippen LogP contribution >= 0.6 is 11.3 Å². The summed E-state index contributed by atoms with van der Waals surface area (Å²) in [5.74, 6) is -0.632. The Morgan fingerprint density at radius 2 is 1.94 bits per heavy atom. The smallest absolute Gasteiger partial charge is 0.416 e. The summed E-state index contributed by atoms with van der Waals surface area (Å²) in [6.45, 7) is 1.92. The van der Waals surface area contributed by atoms with E-state index < -0.39 is 23.3 Å². The first-order chi connectivity index (χ1) is 15.2. The highest BCUT2D eigenvalue weighted by Crippen LogP contribution is 2.29. The van der Waals surface area contributed by atoms with Gasteiger partial charge in [-0.25, -0.2) is 4.79 Å². The van der Waals surface area contributed by atoms with Gasteiger partial charge in [0.1, 0.15) is 4.66 Å². The molecule has 0 aliphatic carbocycles. The summed E-state index contributed by atoms with van der Waals surface area (Å²) in [6, 6.07) is 13.2. The summed E-state index contributed by atoms with van der Waals surface area (Å²) < 4.78 is 45.8. The molecule has 0 N–H and O–H groups in total. The van der Waals surface area contributed by atoms with Gasteiger partial charge in [0.25, 0.3) is 5.56 Å². The van der Waals surface area contributed by atoms with Crippen LogP contribution in [-0.2, 0) is 22.3 Å². The Bertz CT molecular complexity index is 1350. The summed E-state index contributed by atoms with van der Waals surface area (Å²) >= 11 is 0.980. The molecule has 0 aliphatic rings. The third-order valence-electron chi connectivity index (χ3n) is 4.40. The van der Waals surface area contributed by atoms with E-state index in [1.54, 1.807) is 31.2 Å². The van der Waals surface area contributed by atoms with Gasteiger partial charge in [-0.3, -0.25) is 9.36 Å². The Balaban J connectivity index is 2.12. The number of nitriles is 1. The fourth-order valence-electron chi connectivity index (χ4n) is 2.90. The lowest BCUT2D eigenvalue weighted by Gasteiger charge is -2.06. The SMILES string of the molecule is CCOC(=O)/C=c1/s/c(=C/c2cccc(C(F)(F)F)c2)c(=O)n1Cc1ccc(C#N)cc1. The predicted molar refractivity (Wildman–Crippen MR) is 114 cm³/mol. The van der Waals surface area contributed by atoms with E-state index in [0.29, 0.717) is 15.8 Å². The highest BCUT2D eigenvalue weighted by Gasteiger charge is 2.30. The first-order valence-electron chi connectivity index (χ1n) is 9.47. The van der Waals surface area contributed by atoms with Gasteiger partial charge in [0.15, 0.2) is 0 Å². The van der Waals surface area contributed by atoms with Crippen LogP contribution in [0.1, 0.15) is 29.2 Å². The van der Waals surface area contributed by atoms with Crippen molar-refractivity contribution in [1.82, 2.24) is 4.57 Å². The number of halogens is 3. The maximum atomic E-state index is 13.0. The molecule has 0 aliphatic heterocycles. The Kier molecular flexibility index (Phi) is 6.95. The molecule has 3 rings (SSSR count). The van der Waals surface area contributed by atoms with Crippen molar-refractivity contribution < 1.29 is 22.7 Å². The largest absolute Gasteiger partial charge is 0.463 e. The molecule has 3 aromatic rings. The van der Waals surface area contributed by atoms with Crippen molar-refractivity contribution in [3.63, 3.8) is 0 Å². The second kappa shape index (κ2) is 9.66. The van der Waals surface area contributed by atoms with Crippen LogP contribution in [-0.4, -0.2) is 17.1 Å². The number of nitrogens with zero attached hydrogens (tertiary/aromatic N) is 2. The van der Waals surface area contributed by atoms with E-state index in [1.165, 1.54) is 28.9 Å². The first-order valence-corrected chi connectivity index (χ1v) is 10.3. The molecular weight excluding hydrogens is 441 g/mol. The molecular formula is C23H17F3N2O3S. The summed E-state index contributed by atoms with van der Waals surface area (Å²) in [5, 5.41) is 8.93. The van der Waals surface area contributed by atoms with E-state index in [2.05, 4.69) is 0 Å². The number of rotatable bonds is 5. The van der Waals surface area contributed by atoms with Gasteiger partial charge in [0.2, 0.25) is 0 Å². The molecule has 0 bridgehead atoms. The van der Waals surface area contributed by atoms with E-state index in [1.807, 2.05) is 6.07 Å². The number of ether oxygens (including phenoxy) is 1. The minimum Gasteiger partial charge on any atom is -0.463 e. The number of carbonyl (C=O) groups is 1. The number of alkyl halides is 3. The van der Waals surface area contributed by atoms with Crippen molar-refractivity contribution in [2.45, 2.75) is 19.6 Å². The van der Waals surface area contributed by atoms with Gasteiger partial charge in [0.05, 0.1) is 41.0 Å². The predicted octanol–water partition coefficient (Wildman–Crippen LogP) is 3.02. The molecule has 2 aromatic carbocycles. The van der Waals surface area contributed by atoms with Crippen LogP contribution in [0.5, 0.6) is 0 Å². The fraction of sp³-hybridized carbons (Fsp3) is 0.174. The lowest BCUT2D eigenvalue weighted by Crippen LogP contribution is -2.32. The van der Waals surface area contributed by atoms with Crippen LogP contribution < -0.4 is 14.8 Å². The quantitative estimate of drug-likeness (QED) is 0.551. The van der Waals surface area contributed by atoms with Gasteiger partial charge in [-0.1, -0.05) is 24.3 Å². The van der Waals surface area contributed by atoms with Gasteiger partial charge >= 0.3 is 12.1 Å². The molecule has 164 valence electrons. The van der Waals surface area contributed by atoms with Crippen molar-refractivity contribution in [2.75, 3.05) is 6.61 Å². The summed E-state index contributed by atoms with van der Waals surface area (Å²) in [7, 11) is 0. The topological polar surface area (TPSA) is 72.1 Å². The summed E-state index contributed by atoms with van der Waals surface area (Å²) in [6.07, 6.45) is -1.96. The van der Waals surface area contributed by atoms with Crippen LogP contribution in [0.2, 0.25) is 0 Å². The molecule has 0 saturated carbocycles. The van der Waals surface area contributed by atoms with E-state index >= 15 is 0 Å². The highest BCUT2D eigenvalue weighted by atomic mass is 32.1. The zero-order chi connectivity index (χ0) is 23.3. The molecule has 0 spiro atoms. The zero-order valence-corrected chi connectivity index (χ0v) is 17.7.